The summed E-state index contributed by atoms with van der Waals surface area (Å²) in [4.78, 5) is 25.0. The molecule has 0 aromatic rings. The van der Waals surface area contributed by atoms with Crippen LogP contribution >= 0.6 is 0 Å². The van der Waals surface area contributed by atoms with Crippen LogP contribution in [0.15, 0.2) is 11.3 Å². The fourth-order valence-electron chi connectivity index (χ4n) is 9.47. The van der Waals surface area contributed by atoms with Crippen LogP contribution in [0.4, 0.5) is 0 Å². The average Bonchev–Trinajstić information content (AvgIpc) is 3.31. The molecule has 5 fully saturated rings. The van der Waals surface area contributed by atoms with E-state index < -0.39 is 28.5 Å². The predicted octanol–water partition coefficient (Wildman–Crippen LogP) is 2.60. The zero-order valence-corrected chi connectivity index (χ0v) is 17.7. The van der Waals surface area contributed by atoms with E-state index in [0.29, 0.717) is 37.8 Å². The van der Waals surface area contributed by atoms with Gasteiger partial charge in [0.15, 0.2) is 0 Å². The number of ether oxygens (including phenoxy) is 1. The van der Waals surface area contributed by atoms with E-state index in [9.17, 15) is 20.0 Å². The van der Waals surface area contributed by atoms with Crippen LogP contribution in [-0.4, -0.2) is 28.6 Å². The van der Waals surface area contributed by atoms with Gasteiger partial charge in [0.05, 0.1) is 23.5 Å². The lowest BCUT2D eigenvalue weighted by atomic mass is 9.39. The second-order valence-electron chi connectivity index (χ2n) is 11.4. The molecule has 1 spiro atoms. The van der Waals surface area contributed by atoms with Crippen molar-refractivity contribution in [3.8, 4) is 6.07 Å². The molecule has 1 heterocycles. The van der Waals surface area contributed by atoms with Crippen molar-refractivity contribution in [3.63, 3.8) is 0 Å². The lowest BCUT2D eigenvalue weighted by molar-refractivity contribution is -0.198. The molecule has 6 rings (SSSR count). The minimum Gasteiger partial charge on any atom is -0.458 e. The van der Waals surface area contributed by atoms with Crippen LogP contribution in [0.5, 0.6) is 0 Å². The molecule has 0 radical (unpaired) electrons. The first kappa shape index (κ1) is 18.9. The molecule has 4 saturated carbocycles. The number of carbonyl (C=O) groups excluding carboxylic acids is 2. The number of rotatable bonds is 0. The third-order valence-corrected chi connectivity index (χ3v) is 10.8. The summed E-state index contributed by atoms with van der Waals surface area (Å²) in [5, 5.41) is 22.0. The summed E-state index contributed by atoms with van der Waals surface area (Å²) >= 11 is 0. The molecule has 6 aliphatic rings. The maximum Gasteiger partial charge on any atom is 0.306 e. The zero-order chi connectivity index (χ0) is 21.3. The molecule has 6 nitrogen and oxygen atoms in total. The molecule has 6 unspecified atom stereocenters. The maximum absolute atomic E-state index is 12.9. The second-order valence-corrected chi connectivity index (χ2v) is 11.4. The van der Waals surface area contributed by atoms with Gasteiger partial charge in [0, 0.05) is 24.0 Å². The topological polar surface area (TPSA) is 113 Å². The number of esters is 1. The minimum atomic E-state index is -0.826. The zero-order valence-electron chi connectivity index (χ0n) is 17.7. The highest BCUT2D eigenvalue weighted by Crippen LogP contribution is 2.76. The van der Waals surface area contributed by atoms with E-state index in [4.69, 9.17) is 10.5 Å². The Morgan fingerprint density at radius 3 is 2.60 bits per heavy atom. The number of nitrogens with two attached hydrogens (primary N) is 1. The number of aliphatic hydroxyl groups is 1. The summed E-state index contributed by atoms with van der Waals surface area (Å²) in [6.07, 6.45) is 4.52. The Hall–Kier alpha value is -1.87. The van der Waals surface area contributed by atoms with Crippen molar-refractivity contribution < 1.29 is 19.4 Å². The largest absolute Gasteiger partial charge is 0.458 e. The standard InChI is InChI=1S/C24H30N2O4/c1-21-6-4-14(27)19-20(26)12(9-23(19,21)11-25)17-13-3-7-24(8-5-16(29)30-24)22(13,2)10-15(28)18(17)21/h13,15,17-19,28H,3-10,26H2,1-2H3/t13?,15-,17?,18?,19?,21?,22?,23+,24-/m1/s1. The predicted molar refractivity (Wildman–Crippen MR) is 106 cm³/mol. The van der Waals surface area contributed by atoms with Gasteiger partial charge in [-0.1, -0.05) is 13.8 Å². The van der Waals surface area contributed by atoms with Gasteiger partial charge in [-0.2, -0.15) is 5.26 Å². The quantitative estimate of drug-likeness (QED) is 0.594. The summed E-state index contributed by atoms with van der Waals surface area (Å²) < 4.78 is 5.98. The third kappa shape index (κ3) is 1.71. The van der Waals surface area contributed by atoms with Crippen LogP contribution in [0.2, 0.25) is 0 Å². The number of Topliss-reactive ketones (excluding diaryl/α,β-unsaturated/α-hetero) is 1. The molecule has 2 bridgehead atoms. The summed E-state index contributed by atoms with van der Waals surface area (Å²) in [7, 11) is 0. The van der Waals surface area contributed by atoms with E-state index in [1.165, 1.54) is 0 Å². The van der Waals surface area contributed by atoms with Crippen molar-refractivity contribution in [2.75, 3.05) is 0 Å². The lowest BCUT2D eigenvalue weighted by Crippen LogP contribution is -2.64. The fourth-order valence-corrected chi connectivity index (χ4v) is 9.47. The van der Waals surface area contributed by atoms with E-state index in [1.807, 2.05) is 0 Å². The molecule has 0 amide bonds. The van der Waals surface area contributed by atoms with Crippen LogP contribution in [0.25, 0.3) is 0 Å². The van der Waals surface area contributed by atoms with Gasteiger partial charge in [-0.3, -0.25) is 9.59 Å². The summed E-state index contributed by atoms with van der Waals surface area (Å²) in [6, 6.07) is 2.57. The van der Waals surface area contributed by atoms with Crippen LogP contribution < -0.4 is 5.73 Å². The Bertz CT molecular complexity index is 967. The van der Waals surface area contributed by atoms with Gasteiger partial charge >= 0.3 is 5.97 Å². The van der Waals surface area contributed by atoms with Crippen LogP contribution in [0.1, 0.15) is 65.2 Å². The fraction of sp³-hybridized carbons (Fsp3) is 0.792. The molecule has 1 aliphatic heterocycles. The minimum absolute atomic E-state index is 0.0554. The smallest absolute Gasteiger partial charge is 0.306 e. The first-order valence-corrected chi connectivity index (χ1v) is 11.5. The van der Waals surface area contributed by atoms with Gasteiger partial charge < -0.3 is 15.6 Å². The lowest BCUT2D eigenvalue weighted by Gasteiger charge is -2.63. The van der Waals surface area contributed by atoms with Gasteiger partial charge in [0.25, 0.3) is 0 Å². The third-order valence-electron chi connectivity index (χ3n) is 10.8. The van der Waals surface area contributed by atoms with Crippen molar-refractivity contribution >= 4 is 11.8 Å². The van der Waals surface area contributed by atoms with Crippen molar-refractivity contribution in [3.05, 3.63) is 11.3 Å². The van der Waals surface area contributed by atoms with Gasteiger partial charge in [-0.25, -0.2) is 0 Å². The normalized spacial score (nSPS) is 56.0. The Morgan fingerprint density at radius 1 is 1.17 bits per heavy atom. The number of fused-ring (bicyclic) bond motifs is 7. The van der Waals surface area contributed by atoms with E-state index in [1.54, 1.807) is 0 Å². The summed E-state index contributed by atoms with van der Waals surface area (Å²) in [6.45, 7) is 4.33. The van der Waals surface area contributed by atoms with Crippen LogP contribution in [-0.2, 0) is 14.3 Å². The summed E-state index contributed by atoms with van der Waals surface area (Å²) in [5.41, 5.74) is 6.25. The Kier molecular flexibility index (Phi) is 3.33. The molecule has 0 aromatic carbocycles. The Labute approximate surface area is 176 Å². The molecule has 5 aliphatic carbocycles. The Balaban J connectivity index is 1.54. The molecule has 160 valence electrons. The maximum atomic E-state index is 12.9. The second kappa shape index (κ2) is 5.30. The van der Waals surface area contributed by atoms with E-state index >= 15 is 0 Å². The SMILES string of the molecule is CC12C[C@@H](O)C3C(C4=C(N)C5C(=O)CCC3(C)[C@]5(C#N)C4)C1CC[C@@]21CCC(=O)O1. The van der Waals surface area contributed by atoms with E-state index in [2.05, 4.69) is 19.9 Å². The number of nitriles is 1. The van der Waals surface area contributed by atoms with Crippen molar-refractivity contribution in [1.29, 1.82) is 5.26 Å². The number of ketones is 1. The molecule has 6 heteroatoms. The molecular weight excluding hydrogens is 380 g/mol. The number of nitrogens with zero attached hydrogens (tertiary/aromatic N) is 1. The van der Waals surface area contributed by atoms with Gasteiger partial charge in [-0.15, -0.1) is 0 Å². The highest BCUT2D eigenvalue weighted by Gasteiger charge is 2.76. The first-order valence-electron chi connectivity index (χ1n) is 11.5. The monoisotopic (exact) mass is 410 g/mol. The van der Waals surface area contributed by atoms with Gasteiger partial charge in [0.1, 0.15) is 11.4 Å². The number of aliphatic hydroxyl groups excluding tert-OH is 1. The number of hydrogen-bond acceptors (Lipinski definition) is 6. The number of allylic oxidation sites excluding steroid dienone is 2. The molecule has 3 N–H and O–H groups in total. The van der Waals surface area contributed by atoms with Crippen molar-refractivity contribution in [2.45, 2.75) is 76.9 Å². The highest BCUT2D eigenvalue weighted by atomic mass is 16.6. The molecule has 0 aromatic heterocycles. The van der Waals surface area contributed by atoms with E-state index in [0.717, 1.165) is 24.8 Å². The summed E-state index contributed by atoms with van der Waals surface area (Å²) in [5.74, 6) is -0.352. The molecule has 1 saturated heterocycles. The Morgan fingerprint density at radius 2 is 1.93 bits per heavy atom. The van der Waals surface area contributed by atoms with Crippen LogP contribution in [0, 0.1) is 51.2 Å². The van der Waals surface area contributed by atoms with E-state index in [-0.39, 0.29) is 34.9 Å². The first-order chi connectivity index (χ1) is 14.1. The molecular formula is C24H30N2O4. The highest BCUT2D eigenvalue weighted by molar-refractivity contribution is 5.88. The van der Waals surface area contributed by atoms with Crippen LogP contribution in [0.3, 0.4) is 0 Å². The molecule has 30 heavy (non-hydrogen) atoms. The van der Waals surface area contributed by atoms with Gasteiger partial charge in [-0.05, 0) is 67.3 Å². The average molecular weight is 411 g/mol. The molecule has 9 atom stereocenters. The van der Waals surface area contributed by atoms with Crippen molar-refractivity contribution in [1.82, 2.24) is 0 Å². The number of hydrogen-bond donors (Lipinski definition) is 2. The van der Waals surface area contributed by atoms with Gasteiger partial charge in [0.2, 0.25) is 0 Å². The number of carbonyl (C=O) groups is 2. The van der Waals surface area contributed by atoms with Crippen molar-refractivity contribution in [2.24, 2.45) is 45.7 Å².